The van der Waals surface area contributed by atoms with Crippen LogP contribution in [0, 0.1) is 23.7 Å². The molecule has 144 valence electrons. The third-order valence-corrected chi connectivity index (χ3v) is 7.91. The number of hydrazine groups is 1. The fourth-order valence-corrected chi connectivity index (χ4v) is 6.35. The summed E-state index contributed by atoms with van der Waals surface area (Å²) in [4.78, 5) is 0. The molecular formula is C22H41N3. The summed E-state index contributed by atoms with van der Waals surface area (Å²) in [5.74, 6) is 4.01. The molecule has 0 aromatic heterocycles. The standard InChI is InChI=1S/C22H41N3/c1-2-7-19(8-3-1)20-9-4-10-21(16-20)22-12-15-25(24-22)14-11-18-6-5-13-23-17-18/h18-24H,1-17H2. The van der Waals surface area contributed by atoms with E-state index in [9.17, 15) is 0 Å². The first-order chi connectivity index (χ1) is 12.4. The Hall–Kier alpha value is -0.120. The Bertz CT molecular complexity index is 387. The maximum absolute atomic E-state index is 3.94. The first-order valence-electron chi connectivity index (χ1n) is 11.6. The van der Waals surface area contributed by atoms with Crippen LogP contribution in [0.3, 0.4) is 0 Å². The summed E-state index contributed by atoms with van der Waals surface area (Å²) in [6.45, 7) is 5.05. The topological polar surface area (TPSA) is 27.3 Å². The monoisotopic (exact) mass is 347 g/mol. The van der Waals surface area contributed by atoms with E-state index < -0.39 is 0 Å². The van der Waals surface area contributed by atoms with Crippen LogP contribution in [0.5, 0.6) is 0 Å². The van der Waals surface area contributed by atoms with E-state index in [-0.39, 0.29) is 0 Å². The number of piperidine rings is 1. The predicted molar refractivity (Wildman–Crippen MR) is 105 cm³/mol. The van der Waals surface area contributed by atoms with E-state index in [1.807, 2.05) is 0 Å². The highest BCUT2D eigenvalue weighted by Crippen LogP contribution is 2.42. The van der Waals surface area contributed by atoms with Crippen LogP contribution in [0.1, 0.15) is 83.5 Å². The molecule has 2 saturated carbocycles. The number of hydrogen-bond acceptors (Lipinski definition) is 3. The Kier molecular flexibility index (Phi) is 6.71. The van der Waals surface area contributed by atoms with Gasteiger partial charge in [0.1, 0.15) is 0 Å². The van der Waals surface area contributed by atoms with E-state index in [1.165, 1.54) is 110 Å². The van der Waals surface area contributed by atoms with E-state index in [0.29, 0.717) is 0 Å². The smallest absolute Gasteiger partial charge is 0.0256 e. The zero-order chi connectivity index (χ0) is 16.9. The number of nitrogens with zero attached hydrogens (tertiary/aromatic N) is 1. The molecule has 0 aromatic rings. The molecule has 4 atom stereocenters. The van der Waals surface area contributed by atoms with Crippen LogP contribution in [0.2, 0.25) is 0 Å². The first-order valence-corrected chi connectivity index (χ1v) is 11.6. The van der Waals surface area contributed by atoms with Crippen LogP contribution in [-0.2, 0) is 0 Å². The van der Waals surface area contributed by atoms with Crippen molar-refractivity contribution in [3.05, 3.63) is 0 Å². The van der Waals surface area contributed by atoms with Gasteiger partial charge in [0.05, 0.1) is 0 Å². The molecule has 3 nitrogen and oxygen atoms in total. The lowest BCUT2D eigenvalue weighted by atomic mass is 9.69. The average molecular weight is 348 g/mol. The minimum atomic E-state index is 0.788. The van der Waals surface area contributed by atoms with Gasteiger partial charge < -0.3 is 5.32 Å². The van der Waals surface area contributed by atoms with Crippen molar-refractivity contribution in [2.45, 2.75) is 89.5 Å². The molecule has 4 unspecified atom stereocenters. The summed E-state index contributed by atoms with van der Waals surface area (Å²) >= 11 is 0. The molecule has 2 aliphatic heterocycles. The van der Waals surface area contributed by atoms with Gasteiger partial charge in [-0.25, -0.2) is 5.01 Å². The molecule has 2 saturated heterocycles. The molecule has 0 bridgehead atoms. The van der Waals surface area contributed by atoms with Crippen molar-refractivity contribution in [2.24, 2.45) is 23.7 Å². The molecule has 25 heavy (non-hydrogen) atoms. The molecule has 4 rings (SSSR count). The van der Waals surface area contributed by atoms with Gasteiger partial charge in [-0.2, -0.15) is 0 Å². The summed E-state index contributed by atoms with van der Waals surface area (Å²) in [6.07, 6.45) is 19.2. The van der Waals surface area contributed by atoms with E-state index in [4.69, 9.17) is 0 Å². The third kappa shape index (κ3) is 4.99. The van der Waals surface area contributed by atoms with Crippen molar-refractivity contribution in [1.29, 1.82) is 0 Å². The van der Waals surface area contributed by atoms with Crippen molar-refractivity contribution < 1.29 is 0 Å². The van der Waals surface area contributed by atoms with Gasteiger partial charge in [-0.15, -0.1) is 0 Å². The zero-order valence-corrected chi connectivity index (χ0v) is 16.4. The van der Waals surface area contributed by atoms with Gasteiger partial charge in [0.25, 0.3) is 0 Å². The lowest BCUT2D eigenvalue weighted by Gasteiger charge is -2.38. The van der Waals surface area contributed by atoms with Crippen LogP contribution in [0.25, 0.3) is 0 Å². The van der Waals surface area contributed by atoms with Crippen molar-refractivity contribution in [3.63, 3.8) is 0 Å². The van der Waals surface area contributed by atoms with Crippen LogP contribution in [0.15, 0.2) is 0 Å². The second kappa shape index (κ2) is 9.19. The normalized spacial score (nSPS) is 38.9. The predicted octanol–water partition coefficient (Wildman–Crippen LogP) is 4.34. The Morgan fingerprint density at radius 1 is 0.760 bits per heavy atom. The van der Waals surface area contributed by atoms with Gasteiger partial charge >= 0.3 is 0 Å². The minimum Gasteiger partial charge on any atom is -0.316 e. The Morgan fingerprint density at radius 2 is 1.60 bits per heavy atom. The molecule has 0 spiro atoms. The highest BCUT2D eigenvalue weighted by molar-refractivity contribution is 4.88. The summed E-state index contributed by atoms with van der Waals surface area (Å²) in [7, 11) is 0. The molecule has 3 heteroatoms. The minimum absolute atomic E-state index is 0.788. The summed E-state index contributed by atoms with van der Waals surface area (Å²) < 4.78 is 0. The highest BCUT2D eigenvalue weighted by atomic mass is 15.5. The van der Waals surface area contributed by atoms with Crippen molar-refractivity contribution >= 4 is 0 Å². The quantitative estimate of drug-likeness (QED) is 0.774. The van der Waals surface area contributed by atoms with E-state index in [1.54, 1.807) is 0 Å². The molecule has 0 radical (unpaired) electrons. The second-order valence-electron chi connectivity index (χ2n) is 9.60. The lowest BCUT2D eigenvalue weighted by molar-refractivity contribution is 0.124. The van der Waals surface area contributed by atoms with Gasteiger partial charge in [-0.05, 0) is 75.3 Å². The molecule has 2 heterocycles. The van der Waals surface area contributed by atoms with Gasteiger partial charge in [0, 0.05) is 19.1 Å². The molecule has 0 amide bonds. The van der Waals surface area contributed by atoms with Crippen molar-refractivity contribution in [3.8, 4) is 0 Å². The van der Waals surface area contributed by atoms with Crippen molar-refractivity contribution in [1.82, 2.24) is 15.8 Å². The summed E-state index contributed by atoms with van der Waals surface area (Å²) in [5.41, 5.74) is 3.94. The summed E-state index contributed by atoms with van der Waals surface area (Å²) in [5, 5.41) is 6.14. The van der Waals surface area contributed by atoms with E-state index in [2.05, 4.69) is 15.8 Å². The Morgan fingerprint density at radius 3 is 2.44 bits per heavy atom. The number of hydrogen-bond donors (Lipinski definition) is 2. The van der Waals surface area contributed by atoms with E-state index >= 15 is 0 Å². The molecule has 0 aromatic carbocycles. The highest BCUT2D eigenvalue weighted by Gasteiger charge is 2.35. The molecule has 4 fully saturated rings. The van der Waals surface area contributed by atoms with Crippen molar-refractivity contribution in [2.75, 3.05) is 26.2 Å². The first kappa shape index (κ1) is 18.3. The molecular weight excluding hydrogens is 306 g/mol. The van der Waals surface area contributed by atoms with Gasteiger partial charge in [-0.1, -0.05) is 44.9 Å². The fourth-order valence-electron chi connectivity index (χ4n) is 6.35. The summed E-state index contributed by atoms with van der Waals surface area (Å²) in [6, 6.07) is 0.788. The SMILES string of the molecule is C1CCC(C2CCCC(C3CCN(CCC4CCCNC4)N3)C2)CC1. The third-order valence-electron chi connectivity index (χ3n) is 7.91. The Labute approximate surface area is 155 Å². The van der Waals surface area contributed by atoms with Crippen LogP contribution in [0.4, 0.5) is 0 Å². The molecule has 4 aliphatic rings. The van der Waals surface area contributed by atoms with Crippen LogP contribution < -0.4 is 10.7 Å². The average Bonchev–Trinajstić information content (AvgIpc) is 3.17. The van der Waals surface area contributed by atoms with Gasteiger partial charge in [0.15, 0.2) is 0 Å². The lowest BCUT2D eigenvalue weighted by Crippen LogP contribution is -2.42. The maximum Gasteiger partial charge on any atom is 0.0256 e. The van der Waals surface area contributed by atoms with Gasteiger partial charge in [-0.3, -0.25) is 5.43 Å². The van der Waals surface area contributed by atoms with Gasteiger partial charge in [0.2, 0.25) is 0 Å². The maximum atomic E-state index is 3.94. The number of rotatable bonds is 5. The largest absolute Gasteiger partial charge is 0.316 e. The fraction of sp³-hybridized carbons (Fsp3) is 1.00. The van der Waals surface area contributed by atoms with E-state index in [0.717, 1.165) is 29.7 Å². The number of nitrogens with one attached hydrogen (secondary N) is 2. The molecule has 2 N–H and O–H groups in total. The Balaban J connectivity index is 1.20. The van der Waals surface area contributed by atoms with Crippen LogP contribution >= 0.6 is 0 Å². The molecule has 2 aliphatic carbocycles. The second-order valence-corrected chi connectivity index (χ2v) is 9.60. The zero-order valence-electron chi connectivity index (χ0n) is 16.4. The van der Waals surface area contributed by atoms with Crippen LogP contribution in [-0.4, -0.2) is 37.2 Å².